The Hall–Kier alpha value is -2.76. The molecule has 0 saturated carbocycles. The number of fused-ring (bicyclic) bond motifs is 1. The standard InChI is InChI=1S/C25H28N4S/c1-16-5-9-20(10-6-16)13-26-15-22-28-24(23-18(3)19(4)30-25(23)29-22)27-14-21-11-7-17(2)8-12-21/h5-12,26H,13-15H2,1-4H3,(H,27,28,29). The number of nitrogens with one attached hydrogen (secondary N) is 2. The van der Waals surface area contributed by atoms with E-state index in [-0.39, 0.29) is 0 Å². The summed E-state index contributed by atoms with van der Waals surface area (Å²) in [6, 6.07) is 17.2. The number of rotatable bonds is 7. The molecule has 2 heterocycles. The zero-order chi connectivity index (χ0) is 21.1. The summed E-state index contributed by atoms with van der Waals surface area (Å²) in [5.74, 6) is 1.75. The molecule has 0 aliphatic heterocycles. The summed E-state index contributed by atoms with van der Waals surface area (Å²) in [5.41, 5.74) is 6.33. The first-order valence-electron chi connectivity index (χ1n) is 10.3. The Morgan fingerprint density at radius 3 is 1.97 bits per heavy atom. The van der Waals surface area contributed by atoms with Crippen LogP contribution in [0.5, 0.6) is 0 Å². The van der Waals surface area contributed by atoms with Crippen LogP contribution in [0.4, 0.5) is 5.82 Å². The Bertz CT molecular complexity index is 1140. The van der Waals surface area contributed by atoms with Gasteiger partial charge < -0.3 is 10.6 Å². The number of anilines is 1. The minimum atomic E-state index is 0.638. The molecule has 154 valence electrons. The van der Waals surface area contributed by atoms with Crippen LogP contribution in [0.3, 0.4) is 0 Å². The van der Waals surface area contributed by atoms with Crippen LogP contribution < -0.4 is 10.6 Å². The van der Waals surface area contributed by atoms with E-state index >= 15 is 0 Å². The summed E-state index contributed by atoms with van der Waals surface area (Å²) < 4.78 is 0. The van der Waals surface area contributed by atoms with Gasteiger partial charge in [-0.25, -0.2) is 9.97 Å². The van der Waals surface area contributed by atoms with Gasteiger partial charge in [0.1, 0.15) is 16.5 Å². The lowest BCUT2D eigenvalue weighted by molar-refractivity contribution is 0.666. The number of aryl methyl sites for hydroxylation is 4. The van der Waals surface area contributed by atoms with Crippen LogP contribution >= 0.6 is 11.3 Å². The second-order valence-electron chi connectivity index (χ2n) is 7.88. The van der Waals surface area contributed by atoms with Crippen LogP contribution in [-0.2, 0) is 19.6 Å². The van der Waals surface area contributed by atoms with E-state index < -0.39 is 0 Å². The smallest absolute Gasteiger partial charge is 0.146 e. The quantitative estimate of drug-likeness (QED) is 0.398. The van der Waals surface area contributed by atoms with Crippen molar-refractivity contribution in [3.05, 3.63) is 87.0 Å². The predicted molar refractivity (Wildman–Crippen MR) is 127 cm³/mol. The second-order valence-corrected chi connectivity index (χ2v) is 9.08. The maximum Gasteiger partial charge on any atom is 0.146 e. The molecule has 4 rings (SSSR count). The monoisotopic (exact) mass is 416 g/mol. The van der Waals surface area contributed by atoms with Gasteiger partial charge in [0.15, 0.2) is 0 Å². The fourth-order valence-corrected chi connectivity index (χ4v) is 4.47. The van der Waals surface area contributed by atoms with E-state index in [1.807, 2.05) is 0 Å². The van der Waals surface area contributed by atoms with Crippen molar-refractivity contribution in [2.45, 2.75) is 47.3 Å². The topological polar surface area (TPSA) is 49.8 Å². The number of benzene rings is 2. The van der Waals surface area contributed by atoms with E-state index in [0.29, 0.717) is 6.54 Å². The maximum atomic E-state index is 4.87. The molecule has 0 fully saturated rings. The van der Waals surface area contributed by atoms with Gasteiger partial charge in [-0.15, -0.1) is 11.3 Å². The van der Waals surface area contributed by atoms with Gasteiger partial charge in [-0.05, 0) is 44.4 Å². The highest BCUT2D eigenvalue weighted by Gasteiger charge is 2.14. The third-order valence-corrected chi connectivity index (χ3v) is 6.49. The summed E-state index contributed by atoms with van der Waals surface area (Å²) in [4.78, 5) is 12.1. The van der Waals surface area contributed by atoms with Crippen molar-refractivity contribution in [3.63, 3.8) is 0 Å². The molecule has 0 atom stereocenters. The first-order valence-corrected chi connectivity index (χ1v) is 11.1. The van der Waals surface area contributed by atoms with Crippen molar-refractivity contribution in [1.29, 1.82) is 0 Å². The molecule has 30 heavy (non-hydrogen) atoms. The summed E-state index contributed by atoms with van der Waals surface area (Å²) in [6.45, 7) is 10.7. The van der Waals surface area contributed by atoms with Crippen LogP contribution in [0.1, 0.15) is 38.5 Å². The van der Waals surface area contributed by atoms with Crippen molar-refractivity contribution >= 4 is 27.4 Å². The SMILES string of the molecule is Cc1ccc(CNCc2nc(NCc3ccc(C)cc3)c3c(C)c(C)sc3n2)cc1. The molecule has 0 amide bonds. The van der Waals surface area contributed by atoms with Crippen LogP contribution in [0.25, 0.3) is 10.2 Å². The van der Waals surface area contributed by atoms with Crippen LogP contribution in [0, 0.1) is 27.7 Å². The largest absolute Gasteiger partial charge is 0.365 e. The second kappa shape index (κ2) is 8.94. The molecule has 0 bridgehead atoms. The minimum absolute atomic E-state index is 0.638. The molecule has 2 aromatic carbocycles. The molecule has 0 aliphatic carbocycles. The Balaban J connectivity index is 1.53. The lowest BCUT2D eigenvalue weighted by atomic mass is 10.1. The van der Waals surface area contributed by atoms with Crippen molar-refractivity contribution in [2.75, 3.05) is 5.32 Å². The lowest BCUT2D eigenvalue weighted by Crippen LogP contribution is -2.16. The average Bonchev–Trinajstić information content (AvgIpc) is 3.02. The highest BCUT2D eigenvalue weighted by atomic mass is 32.1. The van der Waals surface area contributed by atoms with Gasteiger partial charge in [0.25, 0.3) is 0 Å². The van der Waals surface area contributed by atoms with E-state index in [4.69, 9.17) is 9.97 Å². The fraction of sp³-hybridized carbons (Fsp3) is 0.280. The van der Waals surface area contributed by atoms with Gasteiger partial charge in [-0.1, -0.05) is 59.7 Å². The Morgan fingerprint density at radius 1 is 0.733 bits per heavy atom. The number of hydrogen-bond acceptors (Lipinski definition) is 5. The van der Waals surface area contributed by atoms with Crippen LogP contribution in [-0.4, -0.2) is 9.97 Å². The van der Waals surface area contributed by atoms with E-state index in [1.165, 1.54) is 32.7 Å². The molecule has 0 spiro atoms. The van der Waals surface area contributed by atoms with Crippen LogP contribution in [0.15, 0.2) is 48.5 Å². The number of thiophene rings is 1. The summed E-state index contributed by atoms with van der Waals surface area (Å²) in [7, 11) is 0. The number of nitrogens with zero attached hydrogens (tertiary/aromatic N) is 2. The molecule has 4 nitrogen and oxygen atoms in total. The molecule has 5 heteroatoms. The zero-order valence-corrected chi connectivity index (χ0v) is 18.9. The van der Waals surface area contributed by atoms with Crippen molar-refractivity contribution in [2.24, 2.45) is 0 Å². The highest BCUT2D eigenvalue weighted by Crippen LogP contribution is 2.33. The Kier molecular flexibility index (Phi) is 6.11. The molecule has 0 aliphatic rings. The fourth-order valence-electron chi connectivity index (χ4n) is 3.42. The van der Waals surface area contributed by atoms with Crippen molar-refractivity contribution in [1.82, 2.24) is 15.3 Å². The maximum absolute atomic E-state index is 4.87. The van der Waals surface area contributed by atoms with Gasteiger partial charge in [0.05, 0.1) is 11.9 Å². The normalized spacial score (nSPS) is 11.2. The molecular formula is C25H28N4S. The third kappa shape index (κ3) is 4.69. The molecule has 0 saturated heterocycles. The average molecular weight is 417 g/mol. The first kappa shape index (κ1) is 20.5. The van der Waals surface area contributed by atoms with E-state index in [9.17, 15) is 0 Å². The number of hydrogen-bond donors (Lipinski definition) is 2. The van der Waals surface area contributed by atoms with Crippen molar-refractivity contribution < 1.29 is 0 Å². The minimum Gasteiger partial charge on any atom is -0.365 e. The van der Waals surface area contributed by atoms with E-state index in [0.717, 1.165) is 34.9 Å². The third-order valence-electron chi connectivity index (χ3n) is 5.39. The van der Waals surface area contributed by atoms with Gasteiger partial charge in [-0.2, -0.15) is 0 Å². The molecule has 2 N–H and O–H groups in total. The van der Waals surface area contributed by atoms with Gasteiger partial charge in [0.2, 0.25) is 0 Å². The van der Waals surface area contributed by atoms with E-state index in [2.05, 4.69) is 86.9 Å². The molecule has 2 aromatic heterocycles. The molecule has 4 aromatic rings. The van der Waals surface area contributed by atoms with Gasteiger partial charge >= 0.3 is 0 Å². The van der Waals surface area contributed by atoms with Gasteiger partial charge in [-0.3, -0.25) is 0 Å². The highest BCUT2D eigenvalue weighted by molar-refractivity contribution is 7.18. The molecular weight excluding hydrogens is 388 g/mol. The molecule has 0 unspecified atom stereocenters. The first-order chi connectivity index (χ1) is 14.5. The van der Waals surface area contributed by atoms with Gasteiger partial charge in [0, 0.05) is 18.0 Å². The number of aromatic nitrogens is 2. The van der Waals surface area contributed by atoms with Crippen molar-refractivity contribution in [3.8, 4) is 0 Å². The molecule has 0 radical (unpaired) electrons. The summed E-state index contributed by atoms with van der Waals surface area (Å²) >= 11 is 1.74. The summed E-state index contributed by atoms with van der Waals surface area (Å²) in [5, 5.41) is 8.19. The Morgan fingerprint density at radius 2 is 1.33 bits per heavy atom. The summed E-state index contributed by atoms with van der Waals surface area (Å²) in [6.07, 6.45) is 0. The zero-order valence-electron chi connectivity index (χ0n) is 18.0. The Labute approximate surface area is 182 Å². The lowest BCUT2D eigenvalue weighted by Gasteiger charge is -2.11. The van der Waals surface area contributed by atoms with E-state index in [1.54, 1.807) is 11.3 Å². The van der Waals surface area contributed by atoms with Crippen LogP contribution in [0.2, 0.25) is 0 Å². The predicted octanol–water partition coefficient (Wildman–Crippen LogP) is 5.83.